The van der Waals surface area contributed by atoms with Crippen LogP contribution < -0.4 is 4.74 Å². The molecule has 2 heteroatoms. The van der Waals surface area contributed by atoms with E-state index < -0.39 is 0 Å². The summed E-state index contributed by atoms with van der Waals surface area (Å²) in [6, 6.07) is 19.2. The summed E-state index contributed by atoms with van der Waals surface area (Å²) in [5, 5.41) is 1.30. The monoisotopic (exact) mass is 249 g/mol. The molecule has 0 unspecified atom stereocenters. The first-order valence-electron chi connectivity index (χ1n) is 6.74. The third-order valence-electron chi connectivity index (χ3n) is 3.76. The van der Waals surface area contributed by atoms with Gasteiger partial charge in [0.2, 0.25) is 0 Å². The minimum Gasteiger partial charge on any atom is -0.493 e. The van der Waals surface area contributed by atoms with Crippen LogP contribution >= 0.6 is 0 Å². The number of para-hydroxylation sites is 2. The highest BCUT2D eigenvalue weighted by molar-refractivity contribution is 5.88. The molecule has 1 aliphatic heterocycles. The second-order valence-electron chi connectivity index (χ2n) is 4.94. The lowest BCUT2D eigenvalue weighted by atomic mass is 10.1. The number of hydrogen-bond donors (Lipinski definition) is 0. The Bertz CT molecular complexity index is 742. The predicted octanol–water partition coefficient (Wildman–Crippen LogP) is 4.09. The lowest BCUT2D eigenvalue weighted by Gasteiger charge is -2.18. The zero-order valence-electron chi connectivity index (χ0n) is 10.7. The lowest BCUT2D eigenvalue weighted by molar-refractivity contribution is 0.300. The Balaban J connectivity index is 2.06. The Labute approximate surface area is 112 Å². The van der Waals surface area contributed by atoms with Crippen molar-refractivity contribution in [2.45, 2.75) is 13.0 Å². The molecule has 4 rings (SSSR count). The molecule has 2 aromatic carbocycles. The summed E-state index contributed by atoms with van der Waals surface area (Å²) >= 11 is 0. The van der Waals surface area contributed by atoms with Gasteiger partial charge in [0.25, 0.3) is 0 Å². The van der Waals surface area contributed by atoms with Crippen molar-refractivity contribution in [3.05, 3.63) is 54.6 Å². The SMILES string of the molecule is c1ccc2c(c1)OCCCn1c-2cc2ccccc21. The number of nitrogens with zero attached hydrogens (tertiary/aromatic N) is 1. The average molecular weight is 249 g/mol. The average Bonchev–Trinajstić information content (AvgIpc) is 2.79. The number of aryl methyl sites for hydroxylation is 1. The highest BCUT2D eigenvalue weighted by Gasteiger charge is 2.16. The van der Waals surface area contributed by atoms with E-state index in [1.807, 2.05) is 6.07 Å². The molecule has 19 heavy (non-hydrogen) atoms. The van der Waals surface area contributed by atoms with Crippen molar-refractivity contribution in [2.24, 2.45) is 0 Å². The summed E-state index contributed by atoms with van der Waals surface area (Å²) in [6.07, 6.45) is 1.04. The number of benzene rings is 2. The minimum absolute atomic E-state index is 0.781. The van der Waals surface area contributed by atoms with Crippen LogP contribution in [0, 0.1) is 0 Å². The van der Waals surface area contributed by atoms with Crippen LogP contribution in [-0.2, 0) is 6.54 Å². The molecule has 0 radical (unpaired) electrons. The molecule has 2 nitrogen and oxygen atoms in total. The van der Waals surface area contributed by atoms with Crippen LogP contribution in [0.2, 0.25) is 0 Å². The van der Waals surface area contributed by atoms with Gasteiger partial charge in [-0.15, -0.1) is 0 Å². The van der Waals surface area contributed by atoms with Gasteiger partial charge < -0.3 is 9.30 Å². The van der Waals surface area contributed by atoms with Crippen molar-refractivity contribution >= 4 is 10.9 Å². The molecule has 0 saturated heterocycles. The first-order valence-corrected chi connectivity index (χ1v) is 6.74. The second kappa shape index (κ2) is 4.16. The number of rotatable bonds is 0. The van der Waals surface area contributed by atoms with Crippen molar-refractivity contribution < 1.29 is 4.74 Å². The Kier molecular flexibility index (Phi) is 2.34. The summed E-state index contributed by atoms with van der Waals surface area (Å²) in [4.78, 5) is 0. The van der Waals surface area contributed by atoms with E-state index in [9.17, 15) is 0 Å². The number of ether oxygens (including phenoxy) is 1. The number of aromatic nitrogens is 1. The van der Waals surface area contributed by atoms with E-state index in [4.69, 9.17) is 4.74 Å². The van der Waals surface area contributed by atoms with Crippen LogP contribution in [0.5, 0.6) is 5.75 Å². The smallest absolute Gasteiger partial charge is 0.128 e. The highest BCUT2D eigenvalue weighted by Crippen LogP contribution is 2.35. The number of fused-ring (bicyclic) bond motifs is 5. The van der Waals surface area contributed by atoms with E-state index in [-0.39, 0.29) is 0 Å². The third kappa shape index (κ3) is 1.64. The van der Waals surface area contributed by atoms with Crippen LogP contribution in [0.1, 0.15) is 6.42 Å². The molecular formula is C17H15NO. The molecule has 0 bridgehead atoms. The van der Waals surface area contributed by atoms with Crippen LogP contribution in [0.3, 0.4) is 0 Å². The van der Waals surface area contributed by atoms with Gasteiger partial charge in [-0.05, 0) is 30.7 Å². The Morgan fingerprint density at radius 1 is 0.947 bits per heavy atom. The van der Waals surface area contributed by atoms with Crippen molar-refractivity contribution in [1.29, 1.82) is 0 Å². The molecule has 94 valence electrons. The first-order chi connectivity index (χ1) is 9.43. The standard InChI is InChI=1S/C17H15NO/c1-3-8-15-13(6-1)12-16-14-7-2-4-9-17(14)19-11-5-10-18(15)16/h1-4,6-9,12H,5,10-11H2. The fraction of sp³-hybridized carbons (Fsp3) is 0.176. The number of hydrogen-bond acceptors (Lipinski definition) is 1. The molecule has 0 amide bonds. The molecule has 1 aliphatic rings. The summed E-state index contributed by atoms with van der Waals surface area (Å²) in [7, 11) is 0. The van der Waals surface area contributed by atoms with Gasteiger partial charge in [-0.2, -0.15) is 0 Å². The summed E-state index contributed by atoms with van der Waals surface area (Å²) in [6.45, 7) is 1.79. The lowest BCUT2D eigenvalue weighted by Crippen LogP contribution is -2.09. The maximum absolute atomic E-state index is 5.87. The fourth-order valence-corrected chi connectivity index (χ4v) is 2.88. The fourth-order valence-electron chi connectivity index (χ4n) is 2.88. The Morgan fingerprint density at radius 2 is 1.79 bits per heavy atom. The predicted molar refractivity (Wildman–Crippen MR) is 77.5 cm³/mol. The summed E-state index contributed by atoms with van der Waals surface area (Å²) < 4.78 is 8.28. The molecular weight excluding hydrogens is 234 g/mol. The van der Waals surface area contributed by atoms with Gasteiger partial charge >= 0.3 is 0 Å². The largest absolute Gasteiger partial charge is 0.493 e. The van der Waals surface area contributed by atoms with Crippen LogP contribution in [-0.4, -0.2) is 11.2 Å². The van der Waals surface area contributed by atoms with E-state index >= 15 is 0 Å². The second-order valence-corrected chi connectivity index (χ2v) is 4.94. The van der Waals surface area contributed by atoms with Gasteiger partial charge in [-0.25, -0.2) is 0 Å². The quantitative estimate of drug-likeness (QED) is 0.585. The molecule has 3 aromatic rings. The molecule has 0 aliphatic carbocycles. The van der Waals surface area contributed by atoms with Crippen LogP contribution in [0.15, 0.2) is 54.6 Å². The van der Waals surface area contributed by atoms with E-state index in [1.165, 1.54) is 22.2 Å². The molecule has 0 fully saturated rings. The highest BCUT2D eigenvalue weighted by atomic mass is 16.5. The van der Waals surface area contributed by atoms with Gasteiger partial charge in [-0.3, -0.25) is 0 Å². The first kappa shape index (κ1) is 10.7. The zero-order valence-corrected chi connectivity index (χ0v) is 10.7. The third-order valence-corrected chi connectivity index (χ3v) is 3.76. The molecule has 0 spiro atoms. The maximum Gasteiger partial charge on any atom is 0.128 e. The normalized spacial score (nSPS) is 14.1. The molecule has 0 N–H and O–H groups in total. The minimum atomic E-state index is 0.781. The Morgan fingerprint density at radius 3 is 2.79 bits per heavy atom. The molecule has 0 saturated carbocycles. The Hall–Kier alpha value is -2.22. The van der Waals surface area contributed by atoms with Gasteiger partial charge in [0.05, 0.1) is 12.3 Å². The van der Waals surface area contributed by atoms with Gasteiger partial charge in [-0.1, -0.05) is 30.3 Å². The van der Waals surface area contributed by atoms with Crippen molar-refractivity contribution in [3.8, 4) is 17.0 Å². The van der Waals surface area contributed by atoms with Crippen LogP contribution in [0.25, 0.3) is 22.2 Å². The molecule has 1 aromatic heterocycles. The maximum atomic E-state index is 5.87. The van der Waals surface area contributed by atoms with E-state index in [0.29, 0.717) is 0 Å². The van der Waals surface area contributed by atoms with Gasteiger partial charge in [0, 0.05) is 23.0 Å². The summed E-state index contributed by atoms with van der Waals surface area (Å²) in [5.74, 6) is 0.992. The molecule has 0 atom stereocenters. The zero-order chi connectivity index (χ0) is 12.7. The summed E-state index contributed by atoms with van der Waals surface area (Å²) in [5.41, 5.74) is 3.77. The topological polar surface area (TPSA) is 14.2 Å². The van der Waals surface area contributed by atoms with Crippen molar-refractivity contribution in [3.63, 3.8) is 0 Å². The van der Waals surface area contributed by atoms with E-state index in [0.717, 1.165) is 25.3 Å². The van der Waals surface area contributed by atoms with Crippen LogP contribution in [0.4, 0.5) is 0 Å². The van der Waals surface area contributed by atoms with Crippen molar-refractivity contribution in [2.75, 3.05) is 6.61 Å². The van der Waals surface area contributed by atoms with E-state index in [1.54, 1.807) is 0 Å². The van der Waals surface area contributed by atoms with Gasteiger partial charge in [0.1, 0.15) is 5.75 Å². The van der Waals surface area contributed by atoms with Crippen molar-refractivity contribution in [1.82, 2.24) is 4.57 Å². The van der Waals surface area contributed by atoms with Gasteiger partial charge in [0.15, 0.2) is 0 Å². The van der Waals surface area contributed by atoms with E-state index in [2.05, 4.69) is 53.1 Å². The molecule has 2 heterocycles.